The van der Waals surface area contributed by atoms with E-state index in [9.17, 15) is 0 Å². The van der Waals surface area contributed by atoms with Crippen LogP contribution in [0.1, 0.15) is 53.4 Å². The fourth-order valence-corrected chi connectivity index (χ4v) is 4.48. The lowest BCUT2D eigenvalue weighted by atomic mass is 10.1. The molecule has 1 heterocycles. The van der Waals surface area contributed by atoms with Gasteiger partial charge in [0.2, 0.25) is 0 Å². The molecule has 0 spiro atoms. The number of benzene rings is 2. The average molecular weight is 486 g/mol. The molecule has 3 rings (SSSR count). The second kappa shape index (κ2) is 11.7. The Labute approximate surface area is 212 Å². The van der Waals surface area contributed by atoms with Crippen LogP contribution in [0, 0.1) is 27.7 Å². The molecule has 0 aliphatic rings. The highest BCUT2D eigenvalue weighted by molar-refractivity contribution is 6.69. The minimum absolute atomic E-state index is 0.744. The molecule has 0 aliphatic heterocycles. The smallest absolute Gasteiger partial charge is 0.183 e. The molecule has 0 amide bonds. The Balaban J connectivity index is 1.96. The summed E-state index contributed by atoms with van der Waals surface area (Å²) in [6, 6.07) is 18.9. The van der Waals surface area contributed by atoms with Crippen molar-refractivity contribution < 1.29 is 4.43 Å². The number of aliphatic imine (C=N–C) groups is 2. The van der Waals surface area contributed by atoms with E-state index >= 15 is 0 Å². The molecule has 184 valence electrons. The van der Waals surface area contributed by atoms with Gasteiger partial charge in [-0.05, 0) is 114 Å². The maximum Gasteiger partial charge on any atom is 0.183 e. The standard InChI is InChI=1S/C30H39N3OSi/c1-21-14-16-23(3)29(19-21)31-25(5)26-11-9-12-27(32-26)28(13-10-18-34-35(6,7)8)33-30-20-22(2)15-17-24(30)4/h9,11-12,14-17,19-20H,10,13,18H2,1-8H3. The Morgan fingerprint density at radius 3 is 1.97 bits per heavy atom. The van der Waals surface area contributed by atoms with Crippen LogP contribution in [0.4, 0.5) is 11.4 Å². The molecule has 0 radical (unpaired) electrons. The van der Waals surface area contributed by atoms with Gasteiger partial charge >= 0.3 is 0 Å². The van der Waals surface area contributed by atoms with E-state index in [2.05, 4.69) is 95.9 Å². The van der Waals surface area contributed by atoms with E-state index in [4.69, 9.17) is 19.4 Å². The minimum atomic E-state index is -1.54. The molecule has 2 aromatic carbocycles. The molecule has 1 aromatic heterocycles. The zero-order chi connectivity index (χ0) is 25.6. The maximum absolute atomic E-state index is 6.10. The fourth-order valence-electron chi connectivity index (χ4n) is 3.72. The van der Waals surface area contributed by atoms with Crippen LogP contribution in [0.3, 0.4) is 0 Å². The monoisotopic (exact) mass is 485 g/mol. The van der Waals surface area contributed by atoms with Crippen molar-refractivity contribution in [2.75, 3.05) is 6.61 Å². The van der Waals surface area contributed by atoms with Gasteiger partial charge in [-0.1, -0.05) is 30.3 Å². The molecule has 0 aliphatic carbocycles. The first-order chi connectivity index (χ1) is 16.5. The Morgan fingerprint density at radius 2 is 1.37 bits per heavy atom. The third-order valence-corrected chi connectivity index (χ3v) is 6.85. The molecule has 0 saturated heterocycles. The van der Waals surface area contributed by atoms with E-state index in [0.29, 0.717) is 0 Å². The number of aromatic nitrogens is 1. The third kappa shape index (κ3) is 8.08. The lowest BCUT2D eigenvalue weighted by Gasteiger charge is -2.17. The lowest BCUT2D eigenvalue weighted by molar-refractivity contribution is 0.307. The number of aryl methyl sites for hydroxylation is 4. The topological polar surface area (TPSA) is 46.8 Å². The van der Waals surface area contributed by atoms with Gasteiger partial charge in [-0.3, -0.25) is 9.98 Å². The summed E-state index contributed by atoms with van der Waals surface area (Å²) in [5.74, 6) is 0. The SMILES string of the molecule is CC(=Nc1cc(C)ccc1C)c1cccc(C(CCCO[Si](C)(C)C)=Nc2cc(C)ccc2C)n1. The Hall–Kier alpha value is -2.89. The molecule has 4 nitrogen and oxygen atoms in total. The van der Waals surface area contributed by atoms with Crippen molar-refractivity contribution in [3.05, 3.63) is 88.2 Å². The normalized spacial score (nSPS) is 12.8. The fraction of sp³-hybridized carbons (Fsp3) is 0.367. The third-order valence-electron chi connectivity index (χ3n) is 5.78. The van der Waals surface area contributed by atoms with E-state index in [1.54, 1.807) is 0 Å². The van der Waals surface area contributed by atoms with E-state index in [1.165, 1.54) is 11.1 Å². The predicted octanol–water partition coefficient (Wildman–Crippen LogP) is 8.21. The second-order valence-electron chi connectivity index (χ2n) is 10.3. The van der Waals surface area contributed by atoms with Crippen molar-refractivity contribution in [2.24, 2.45) is 9.98 Å². The van der Waals surface area contributed by atoms with Gasteiger partial charge in [-0.2, -0.15) is 0 Å². The number of rotatable bonds is 9. The molecule has 3 aromatic rings. The first kappa shape index (κ1) is 26.7. The van der Waals surface area contributed by atoms with Crippen molar-refractivity contribution in [2.45, 2.75) is 67.1 Å². The summed E-state index contributed by atoms with van der Waals surface area (Å²) in [4.78, 5) is 15.0. The molecule has 0 bridgehead atoms. The van der Waals surface area contributed by atoms with Crippen molar-refractivity contribution in [1.82, 2.24) is 4.98 Å². The minimum Gasteiger partial charge on any atom is -0.418 e. The van der Waals surface area contributed by atoms with Gasteiger partial charge < -0.3 is 4.43 Å². The van der Waals surface area contributed by atoms with Crippen LogP contribution in [-0.4, -0.2) is 31.3 Å². The summed E-state index contributed by atoms with van der Waals surface area (Å²) in [5.41, 5.74) is 10.4. The highest BCUT2D eigenvalue weighted by Gasteiger charge is 2.15. The van der Waals surface area contributed by atoms with Gasteiger partial charge in [0, 0.05) is 6.61 Å². The largest absolute Gasteiger partial charge is 0.418 e. The quantitative estimate of drug-likeness (QED) is 0.174. The van der Waals surface area contributed by atoms with Gasteiger partial charge in [-0.15, -0.1) is 0 Å². The molecule has 5 heteroatoms. The zero-order valence-electron chi connectivity index (χ0n) is 22.6. The highest BCUT2D eigenvalue weighted by Crippen LogP contribution is 2.24. The Morgan fingerprint density at radius 1 is 0.800 bits per heavy atom. The summed E-state index contributed by atoms with van der Waals surface area (Å²) < 4.78 is 6.10. The molecule has 0 unspecified atom stereocenters. The molecule has 0 N–H and O–H groups in total. The van der Waals surface area contributed by atoms with E-state index in [0.717, 1.165) is 64.8 Å². The molecular weight excluding hydrogens is 446 g/mol. The van der Waals surface area contributed by atoms with Crippen molar-refractivity contribution in [3.8, 4) is 0 Å². The van der Waals surface area contributed by atoms with E-state index in [-0.39, 0.29) is 0 Å². The highest BCUT2D eigenvalue weighted by atomic mass is 28.4. The van der Waals surface area contributed by atoms with Crippen molar-refractivity contribution in [3.63, 3.8) is 0 Å². The molecular formula is C30H39N3OSi. The van der Waals surface area contributed by atoms with Gasteiger partial charge in [-0.25, -0.2) is 4.98 Å². The van der Waals surface area contributed by atoms with Gasteiger partial charge in [0.25, 0.3) is 0 Å². The number of pyridine rings is 1. The van der Waals surface area contributed by atoms with Crippen LogP contribution in [0.2, 0.25) is 19.6 Å². The van der Waals surface area contributed by atoms with Crippen LogP contribution in [-0.2, 0) is 4.43 Å². The predicted molar refractivity (Wildman–Crippen MR) is 153 cm³/mol. The summed E-state index contributed by atoms with van der Waals surface area (Å²) in [6.07, 6.45) is 1.72. The van der Waals surface area contributed by atoms with E-state index in [1.807, 2.05) is 13.0 Å². The average Bonchev–Trinajstić information content (AvgIpc) is 2.80. The Bertz CT molecular complexity index is 1240. The van der Waals surface area contributed by atoms with Crippen LogP contribution in [0.15, 0.2) is 64.6 Å². The molecule has 0 fully saturated rings. The van der Waals surface area contributed by atoms with Crippen LogP contribution in [0.5, 0.6) is 0 Å². The number of nitrogens with zero attached hydrogens (tertiary/aromatic N) is 3. The summed E-state index contributed by atoms with van der Waals surface area (Å²) in [6.45, 7) is 17.8. The van der Waals surface area contributed by atoms with Crippen molar-refractivity contribution in [1.29, 1.82) is 0 Å². The zero-order valence-corrected chi connectivity index (χ0v) is 23.6. The first-order valence-electron chi connectivity index (χ1n) is 12.4. The summed E-state index contributed by atoms with van der Waals surface area (Å²) in [7, 11) is -1.54. The lowest BCUT2D eigenvalue weighted by Crippen LogP contribution is -2.26. The molecule has 0 saturated carbocycles. The number of hydrogen-bond acceptors (Lipinski definition) is 4. The van der Waals surface area contributed by atoms with E-state index < -0.39 is 8.32 Å². The number of hydrogen-bond donors (Lipinski definition) is 0. The van der Waals surface area contributed by atoms with Gasteiger partial charge in [0.05, 0.1) is 34.2 Å². The van der Waals surface area contributed by atoms with Gasteiger partial charge in [0.15, 0.2) is 8.32 Å². The second-order valence-corrected chi connectivity index (χ2v) is 14.8. The first-order valence-corrected chi connectivity index (χ1v) is 15.8. The van der Waals surface area contributed by atoms with Crippen LogP contribution >= 0.6 is 0 Å². The summed E-state index contributed by atoms with van der Waals surface area (Å²) in [5, 5.41) is 0. The molecule has 35 heavy (non-hydrogen) atoms. The Kier molecular flexibility index (Phi) is 8.92. The van der Waals surface area contributed by atoms with Gasteiger partial charge in [0.1, 0.15) is 0 Å². The van der Waals surface area contributed by atoms with Crippen molar-refractivity contribution >= 4 is 31.1 Å². The van der Waals surface area contributed by atoms with Crippen LogP contribution in [0.25, 0.3) is 0 Å². The maximum atomic E-state index is 6.10. The molecule has 0 atom stereocenters. The summed E-state index contributed by atoms with van der Waals surface area (Å²) >= 11 is 0. The van der Waals surface area contributed by atoms with Crippen LogP contribution < -0.4 is 0 Å².